The smallest absolute Gasteiger partial charge is 0.268 e. The number of nitriles is 1. The maximum Gasteiger partial charge on any atom is 0.268 e. The molecule has 1 aliphatic heterocycles. The van der Waals surface area contributed by atoms with Gasteiger partial charge in [0.25, 0.3) is 5.56 Å². The van der Waals surface area contributed by atoms with E-state index in [4.69, 9.17) is 0 Å². The first-order valence-corrected chi connectivity index (χ1v) is 7.35. The molecule has 1 fully saturated rings. The third kappa shape index (κ3) is 2.34. The van der Waals surface area contributed by atoms with Gasteiger partial charge in [0.05, 0.1) is 11.2 Å². The first-order valence-electron chi connectivity index (χ1n) is 7.35. The fourth-order valence-corrected chi connectivity index (χ4v) is 2.95. The van der Waals surface area contributed by atoms with E-state index >= 15 is 0 Å². The molecule has 6 heteroatoms. The Morgan fingerprint density at radius 3 is 2.86 bits per heavy atom. The van der Waals surface area contributed by atoms with Crippen LogP contribution in [0.1, 0.15) is 25.3 Å². The highest BCUT2D eigenvalue weighted by Gasteiger charge is 2.31. The number of aliphatic hydroxyl groups is 1. The molecule has 0 aliphatic carbocycles. The summed E-state index contributed by atoms with van der Waals surface area (Å²) in [6, 6.07) is 5.56. The van der Waals surface area contributed by atoms with Crippen molar-refractivity contribution in [1.82, 2.24) is 9.97 Å². The van der Waals surface area contributed by atoms with E-state index in [-0.39, 0.29) is 23.1 Å². The Hall–Kier alpha value is -2.39. The Balaban J connectivity index is 2.11. The van der Waals surface area contributed by atoms with E-state index in [9.17, 15) is 15.2 Å². The minimum atomic E-state index is -0.381. The van der Waals surface area contributed by atoms with E-state index in [0.717, 1.165) is 12.8 Å². The van der Waals surface area contributed by atoms with Crippen LogP contribution < -0.4 is 10.5 Å². The second-order valence-corrected chi connectivity index (χ2v) is 6.14. The minimum absolute atomic E-state index is 0.0895. The summed E-state index contributed by atoms with van der Waals surface area (Å²) >= 11 is 0. The monoisotopic (exact) mass is 298 g/mol. The van der Waals surface area contributed by atoms with Crippen molar-refractivity contribution in [2.45, 2.75) is 19.8 Å². The summed E-state index contributed by atoms with van der Waals surface area (Å²) in [5.41, 5.74) is 1.53. The molecule has 2 N–H and O–H groups in total. The van der Waals surface area contributed by atoms with Crippen molar-refractivity contribution < 1.29 is 5.11 Å². The van der Waals surface area contributed by atoms with Gasteiger partial charge in [0.1, 0.15) is 17.1 Å². The number of nitrogens with zero attached hydrogens (tertiary/aromatic N) is 3. The molecule has 0 bridgehead atoms. The SMILES string of the molecule is CC1(CO)CCN(c2c(C#N)c(=O)[nH]c3cccnc23)CC1. The van der Waals surface area contributed by atoms with Crippen molar-refractivity contribution in [3.63, 3.8) is 0 Å². The molecule has 114 valence electrons. The van der Waals surface area contributed by atoms with Gasteiger partial charge in [0.15, 0.2) is 0 Å². The van der Waals surface area contributed by atoms with Gasteiger partial charge >= 0.3 is 0 Å². The molecule has 0 unspecified atom stereocenters. The van der Waals surface area contributed by atoms with Crippen LogP contribution in [0.15, 0.2) is 23.1 Å². The predicted octanol–water partition coefficient (Wildman–Crippen LogP) is 1.39. The van der Waals surface area contributed by atoms with Crippen LogP contribution in [0.25, 0.3) is 11.0 Å². The van der Waals surface area contributed by atoms with Crippen molar-refractivity contribution in [2.75, 3.05) is 24.6 Å². The number of hydrogen-bond acceptors (Lipinski definition) is 5. The van der Waals surface area contributed by atoms with Crippen LogP contribution in [0.3, 0.4) is 0 Å². The molecule has 0 spiro atoms. The number of rotatable bonds is 2. The lowest BCUT2D eigenvalue weighted by Gasteiger charge is -2.39. The predicted molar refractivity (Wildman–Crippen MR) is 83.7 cm³/mol. The van der Waals surface area contributed by atoms with E-state index in [0.29, 0.717) is 29.8 Å². The number of nitrogens with one attached hydrogen (secondary N) is 1. The van der Waals surface area contributed by atoms with Crippen LogP contribution >= 0.6 is 0 Å². The molecule has 1 aliphatic rings. The van der Waals surface area contributed by atoms with Gasteiger partial charge in [-0.05, 0) is 30.4 Å². The van der Waals surface area contributed by atoms with Crippen LogP contribution in [0, 0.1) is 16.7 Å². The fraction of sp³-hybridized carbons (Fsp3) is 0.438. The number of aromatic amines is 1. The summed E-state index contributed by atoms with van der Waals surface area (Å²) in [4.78, 5) is 21.2. The van der Waals surface area contributed by atoms with Gasteiger partial charge in [0.2, 0.25) is 0 Å². The highest BCUT2D eigenvalue weighted by atomic mass is 16.3. The fourth-order valence-electron chi connectivity index (χ4n) is 2.95. The Kier molecular flexibility index (Phi) is 3.59. The topological polar surface area (TPSA) is 93.0 Å². The molecule has 6 nitrogen and oxygen atoms in total. The maximum absolute atomic E-state index is 12.1. The lowest BCUT2D eigenvalue weighted by molar-refractivity contribution is 0.115. The van der Waals surface area contributed by atoms with E-state index in [2.05, 4.69) is 16.9 Å². The van der Waals surface area contributed by atoms with Gasteiger partial charge in [-0.25, -0.2) is 0 Å². The molecule has 2 aromatic heterocycles. The van der Waals surface area contributed by atoms with Gasteiger partial charge < -0.3 is 15.0 Å². The third-order valence-electron chi connectivity index (χ3n) is 4.52. The zero-order valence-electron chi connectivity index (χ0n) is 12.5. The Morgan fingerprint density at radius 1 is 1.50 bits per heavy atom. The lowest BCUT2D eigenvalue weighted by atomic mass is 9.81. The molecule has 22 heavy (non-hydrogen) atoms. The quantitative estimate of drug-likeness (QED) is 0.874. The second kappa shape index (κ2) is 5.43. The molecule has 2 aromatic rings. The van der Waals surface area contributed by atoms with E-state index < -0.39 is 0 Å². The van der Waals surface area contributed by atoms with Crippen molar-refractivity contribution in [3.05, 3.63) is 34.2 Å². The summed E-state index contributed by atoms with van der Waals surface area (Å²) < 4.78 is 0. The van der Waals surface area contributed by atoms with Gasteiger partial charge in [-0.2, -0.15) is 5.26 Å². The zero-order chi connectivity index (χ0) is 15.7. The number of aromatic nitrogens is 2. The number of fused-ring (bicyclic) bond motifs is 1. The van der Waals surface area contributed by atoms with Gasteiger partial charge in [-0.15, -0.1) is 0 Å². The highest BCUT2D eigenvalue weighted by molar-refractivity contribution is 5.91. The Bertz CT molecular complexity index is 798. The highest BCUT2D eigenvalue weighted by Crippen LogP contribution is 2.35. The number of anilines is 1. The van der Waals surface area contributed by atoms with Crippen molar-refractivity contribution >= 4 is 16.7 Å². The van der Waals surface area contributed by atoms with Crippen LogP contribution in [0.2, 0.25) is 0 Å². The average molecular weight is 298 g/mol. The van der Waals surface area contributed by atoms with E-state index in [1.165, 1.54) is 0 Å². The van der Waals surface area contributed by atoms with Crippen LogP contribution in [0.5, 0.6) is 0 Å². The van der Waals surface area contributed by atoms with Crippen molar-refractivity contribution in [2.24, 2.45) is 5.41 Å². The molecule has 0 aromatic carbocycles. The maximum atomic E-state index is 12.1. The molecular weight excluding hydrogens is 280 g/mol. The Labute approximate surface area is 128 Å². The molecule has 0 radical (unpaired) electrons. The molecular formula is C16H18N4O2. The minimum Gasteiger partial charge on any atom is -0.396 e. The van der Waals surface area contributed by atoms with Crippen molar-refractivity contribution in [3.8, 4) is 6.07 Å². The summed E-state index contributed by atoms with van der Waals surface area (Å²) in [5.74, 6) is 0. The first kappa shape index (κ1) is 14.5. The summed E-state index contributed by atoms with van der Waals surface area (Å²) in [6.45, 7) is 3.60. The molecule has 3 heterocycles. The van der Waals surface area contributed by atoms with Gasteiger partial charge in [-0.3, -0.25) is 9.78 Å². The molecule has 0 atom stereocenters. The molecule has 0 saturated carbocycles. The van der Waals surface area contributed by atoms with Crippen molar-refractivity contribution in [1.29, 1.82) is 5.26 Å². The number of H-pyrrole nitrogens is 1. The van der Waals surface area contributed by atoms with Crippen LogP contribution in [-0.2, 0) is 0 Å². The lowest BCUT2D eigenvalue weighted by Crippen LogP contribution is -2.41. The molecule has 3 rings (SSSR count). The second-order valence-electron chi connectivity index (χ2n) is 6.14. The number of aliphatic hydroxyl groups excluding tert-OH is 1. The summed E-state index contributed by atoms with van der Waals surface area (Å²) in [6.07, 6.45) is 3.29. The van der Waals surface area contributed by atoms with Gasteiger partial charge in [-0.1, -0.05) is 6.92 Å². The zero-order valence-corrected chi connectivity index (χ0v) is 12.5. The third-order valence-corrected chi connectivity index (χ3v) is 4.52. The standard InChI is InChI=1S/C16H18N4O2/c1-16(10-21)4-7-20(8-5-16)14-11(9-17)15(22)19-12-3-2-6-18-13(12)14/h2-3,6,21H,4-5,7-8,10H2,1H3,(H,19,22). The number of hydrogen-bond donors (Lipinski definition) is 2. The molecule has 1 saturated heterocycles. The summed E-state index contributed by atoms with van der Waals surface area (Å²) in [5, 5.41) is 18.9. The first-order chi connectivity index (χ1) is 10.6. The Morgan fingerprint density at radius 2 is 2.23 bits per heavy atom. The number of piperidine rings is 1. The average Bonchev–Trinajstić information content (AvgIpc) is 2.54. The van der Waals surface area contributed by atoms with Gasteiger partial charge in [0, 0.05) is 25.9 Å². The number of pyridine rings is 2. The van der Waals surface area contributed by atoms with Crippen LogP contribution in [-0.4, -0.2) is 34.8 Å². The normalized spacial score (nSPS) is 17.4. The van der Waals surface area contributed by atoms with E-state index in [1.807, 2.05) is 11.0 Å². The molecule has 0 amide bonds. The summed E-state index contributed by atoms with van der Waals surface area (Å²) in [7, 11) is 0. The largest absolute Gasteiger partial charge is 0.396 e. The van der Waals surface area contributed by atoms with E-state index in [1.54, 1.807) is 18.3 Å². The van der Waals surface area contributed by atoms with Crippen LogP contribution in [0.4, 0.5) is 5.69 Å².